The van der Waals surface area contributed by atoms with Crippen molar-refractivity contribution < 1.29 is 9.90 Å². The molecule has 0 aromatic heterocycles. The highest BCUT2D eigenvalue weighted by Gasteiger charge is 2.51. The van der Waals surface area contributed by atoms with Gasteiger partial charge in [-0.3, -0.25) is 4.79 Å². The van der Waals surface area contributed by atoms with Crippen molar-refractivity contribution in [2.45, 2.75) is 24.6 Å². The Hall–Kier alpha value is -0.800. The maximum Gasteiger partial charge on any atom is 0.173 e. The maximum atomic E-state index is 12.3. The molecule has 0 bridgehead atoms. The third kappa shape index (κ3) is 2.13. The fourth-order valence-electron chi connectivity index (χ4n) is 3.30. The average molecular weight is 342 g/mol. The molecule has 2 nitrogen and oxygen atoms in total. The van der Waals surface area contributed by atoms with Crippen LogP contribution in [0.3, 0.4) is 0 Å². The molecule has 2 aliphatic rings. The lowest BCUT2D eigenvalue weighted by Gasteiger charge is -2.17. The Kier molecular flexibility index (Phi) is 3.02. The second kappa shape index (κ2) is 4.35. The minimum absolute atomic E-state index is 0.000628. The van der Waals surface area contributed by atoms with Crippen LogP contribution < -0.4 is 0 Å². The highest BCUT2D eigenvalue weighted by atomic mass is 79.9. The summed E-state index contributed by atoms with van der Waals surface area (Å²) in [7, 11) is 0. The Morgan fingerprint density at radius 3 is 2.47 bits per heavy atom. The highest BCUT2D eigenvalue weighted by molar-refractivity contribution is 9.12. The van der Waals surface area contributed by atoms with Gasteiger partial charge in [0.2, 0.25) is 0 Å². The van der Waals surface area contributed by atoms with Gasteiger partial charge in [-0.15, -0.1) is 11.6 Å². The fraction of sp³-hybridized carbons (Fsp3) is 0.400. The van der Waals surface area contributed by atoms with Gasteiger partial charge in [0.1, 0.15) is 5.75 Å². The molecular weight excluding hydrogens is 328 g/mol. The van der Waals surface area contributed by atoms with E-state index in [9.17, 15) is 9.90 Å². The summed E-state index contributed by atoms with van der Waals surface area (Å²) in [5, 5.41) is 9.37. The van der Waals surface area contributed by atoms with E-state index >= 15 is 0 Å². The van der Waals surface area contributed by atoms with Crippen LogP contribution in [0.25, 0.3) is 5.57 Å². The zero-order valence-corrected chi connectivity index (χ0v) is 12.8. The van der Waals surface area contributed by atoms with Crippen LogP contribution in [-0.2, 0) is 4.79 Å². The second-order valence-electron chi connectivity index (χ2n) is 5.67. The lowest BCUT2D eigenvalue weighted by atomic mass is 9.90. The first-order valence-corrected chi connectivity index (χ1v) is 7.48. The smallest absolute Gasteiger partial charge is 0.173 e. The first kappa shape index (κ1) is 13.2. The van der Waals surface area contributed by atoms with E-state index in [0.717, 1.165) is 24.0 Å². The molecule has 4 heteroatoms. The predicted octanol–water partition coefficient (Wildman–Crippen LogP) is 4.10. The van der Waals surface area contributed by atoms with Gasteiger partial charge in [0.25, 0.3) is 0 Å². The van der Waals surface area contributed by atoms with Crippen molar-refractivity contribution in [1.29, 1.82) is 0 Å². The van der Waals surface area contributed by atoms with Gasteiger partial charge in [-0.2, -0.15) is 0 Å². The third-order valence-corrected chi connectivity index (χ3v) is 5.24. The van der Waals surface area contributed by atoms with Gasteiger partial charge < -0.3 is 5.11 Å². The van der Waals surface area contributed by atoms with Crippen molar-refractivity contribution in [2.75, 3.05) is 0 Å². The predicted molar refractivity (Wildman–Crippen MR) is 79.4 cm³/mol. The molecule has 19 heavy (non-hydrogen) atoms. The summed E-state index contributed by atoms with van der Waals surface area (Å²) in [6.07, 6.45) is 1.55. The Bertz CT molecular complexity index is 574. The Morgan fingerprint density at radius 1 is 1.26 bits per heavy atom. The number of halogens is 2. The van der Waals surface area contributed by atoms with E-state index in [-0.39, 0.29) is 28.2 Å². The zero-order valence-electron chi connectivity index (χ0n) is 10.5. The van der Waals surface area contributed by atoms with Gasteiger partial charge in [0.15, 0.2) is 5.78 Å². The fourth-order valence-corrected chi connectivity index (χ4v) is 4.45. The quantitative estimate of drug-likeness (QED) is 0.781. The molecule has 2 aliphatic carbocycles. The molecule has 0 saturated heterocycles. The van der Waals surface area contributed by atoms with Crippen LogP contribution in [0.4, 0.5) is 0 Å². The zero-order chi connectivity index (χ0) is 13.8. The van der Waals surface area contributed by atoms with Gasteiger partial charge in [-0.25, -0.2) is 0 Å². The van der Waals surface area contributed by atoms with Gasteiger partial charge in [0.05, 0.1) is 4.48 Å². The normalized spacial score (nSPS) is 33.9. The number of hydrogen-bond acceptors (Lipinski definition) is 2. The highest BCUT2D eigenvalue weighted by Crippen LogP contribution is 2.55. The average Bonchev–Trinajstić information content (AvgIpc) is 2.76. The number of aromatic hydroxyl groups is 1. The molecule has 0 spiro atoms. The van der Waals surface area contributed by atoms with Crippen molar-refractivity contribution in [2.24, 2.45) is 11.8 Å². The van der Waals surface area contributed by atoms with Crippen molar-refractivity contribution in [3.63, 3.8) is 0 Å². The molecule has 3 rings (SSSR count). The number of carbonyl (C=O) groups excluding carboxylic acids is 1. The van der Waals surface area contributed by atoms with Crippen molar-refractivity contribution in [3.05, 3.63) is 34.3 Å². The van der Waals surface area contributed by atoms with E-state index in [0.29, 0.717) is 4.48 Å². The summed E-state index contributed by atoms with van der Waals surface area (Å²) >= 11 is 9.87. The van der Waals surface area contributed by atoms with Gasteiger partial charge in [-0.1, -0.05) is 12.1 Å². The summed E-state index contributed by atoms with van der Waals surface area (Å²) in [6.45, 7) is 2.00. The Balaban J connectivity index is 2.05. The van der Waals surface area contributed by atoms with Crippen LogP contribution in [0, 0.1) is 11.8 Å². The summed E-state index contributed by atoms with van der Waals surface area (Å²) in [6, 6.07) is 7.00. The molecule has 0 radical (unpaired) electrons. The molecule has 1 aromatic carbocycles. The van der Waals surface area contributed by atoms with Gasteiger partial charge in [-0.05, 0) is 64.9 Å². The minimum Gasteiger partial charge on any atom is -0.508 e. The Labute approximate surface area is 125 Å². The summed E-state index contributed by atoms with van der Waals surface area (Å²) < 4.78 is 0.681. The number of allylic oxidation sites excluding steroid dienone is 2. The van der Waals surface area contributed by atoms with Crippen LogP contribution in [0.5, 0.6) is 5.75 Å². The molecule has 1 N–H and O–H groups in total. The Morgan fingerprint density at radius 2 is 1.84 bits per heavy atom. The minimum atomic E-state index is -0.291. The number of ketones is 1. The first-order valence-electron chi connectivity index (χ1n) is 6.31. The number of benzene rings is 1. The van der Waals surface area contributed by atoms with Crippen LogP contribution in [0.2, 0.25) is 0 Å². The molecule has 0 amide bonds. The van der Waals surface area contributed by atoms with E-state index in [1.807, 2.05) is 19.1 Å². The third-order valence-electron chi connectivity index (χ3n) is 4.12. The number of fused-ring (bicyclic) bond motifs is 1. The lowest BCUT2D eigenvalue weighted by molar-refractivity contribution is -0.118. The van der Waals surface area contributed by atoms with Crippen LogP contribution >= 0.6 is 27.5 Å². The largest absolute Gasteiger partial charge is 0.508 e. The molecule has 0 heterocycles. The number of carbonyl (C=O) groups is 1. The molecule has 1 fully saturated rings. The van der Waals surface area contributed by atoms with Crippen LogP contribution in [0.15, 0.2) is 28.7 Å². The number of alkyl halides is 1. The number of phenols is 1. The topological polar surface area (TPSA) is 37.3 Å². The van der Waals surface area contributed by atoms with Crippen molar-refractivity contribution >= 4 is 38.9 Å². The first-order chi connectivity index (χ1) is 8.89. The molecular formula is C15H14BrClO2. The number of Topliss-reactive ketones (excluding diaryl/α,β-unsaturated/α-hetero) is 1. The van der Waals surface area contributed by atoms with E-state index in [1.54, 1.807) is 12.1 Å². The van der Waals surface area contributed by atoms with Crippen LogP contribution in [-0.4, -0.2) is 15.8 Å². The molecule has 0 aliphatic heterocycles. The number of rotatable bonds is 1. The van der Waals surface area contributed by atoms with E-state index in [1.165, 1.54) is 0 Å². The lowest BCUT2D eigenvalue weighted by Crippen LogP contribution is -2.14. The van der Waals surface area contributed by atoms with E-state index < -0.39 is 0 Å². The molecule has 100 valence electrons. The SMILES string of the molecule is C[C@@]1(Cl)C[C@@H]2C(c3ccc(O)cc3)=C(Br)C(=O)[C@@H]2C1. The summed E-state index contributed by atoms with van der Waals surface area (Å²) in [5.74, 6) is 0.585. The maximum absolute atomic E-state index is 12.3. The van der Waals surface area contributed by atoms with Crippen molar-refractivity contribution in [1.82, 2.24) is 0 Å². The number of phenolic OH excluding ortho intramolecular Hbond substituents is 1. The van der Waals surface area contributed by atoms with E-state index in [4.69, 9.17) is 11.6 Å². The van der Waals surface area contributed by atoms with Crippen LogP contribution in [0.1, 0.15) is 25.3 Å². The molecule has 0 unspecified atom stereocenters. The molecule has 1 saturated carbocycles. The number of hydrogen-bond donors (Lipinski definition) is 1. The summed E-state index contributed by atoms with van der Waals surface area (Å²) in [5.41, 5.74) is 2.03. The standard InChI is InChI=1S/C15H14BrClO2/c1-15(17)6-10-11(7-15)14(19)13(16)12(10)8-2-4-9(18)5-3-8/h2-5,10-11,18H,6-7H2,1H3/t10-,11+,15+/m0/s1. The summed E-state index contributed by atoms with van der Waals surface area (Å²) in [4.78, 5) is 12.0. The van der Waals surface area contributed by atoms with Gasteiger partial charge >= 0.3 is 0 Å². The van der Waals surface area contributed by atoms with Crippen molar-refractivity contribution in [3.8, 4) is 5.75 Å². The molecule has 1 aromatic rings. The van der Waals surface area contributed by atoms with E-state index in [2.05, 4.69) is 15.9 Å². The molecule has 3 atom stereocenters. The monoisotopic (exact) mass is 340 g/mol. The second-order valence-corrected chi connectivity index (χ2v) is 7.38. The van der Waals surface area contributed by atoms with Gasteiger partial charge in [0, 0.05) is 10.8 Å².